The molecule has 2 aromatic heterocycles. The number of halogens is 1. The molecule has 2 aromatic rings. The van der Waals surface area contributed by atoms with Crippen LogP contribution in [-0.2, 0) is 6.54 Å². The fourth-order valence-electron chi connectivity index (χ4n) is 2.20. The van der Waals surface area contributed by atoms with Gasteiger partial charge in [-0.05, 0) is 28.1 Å². The molecule has 112 valence electrons. The summed E-state index contributed by atoms with van der Waals surface area (Å²) in [5.74, 6) is 0.611. The van der Waals surface area contributed by atoms with Gasteiger partial charge in [-0.25, -0.2) is 4.98 Å². The number of rotatable bonds is 3. The smallest absolute Gasteiger partial charge is 0.226 e. The van der Waals surface area contributed by atoms with Gasteiger partial charge in [0.1, 0.15) is 0 Å². The molecule has 2 N–H and O–H groups in total. The van der Waals surface area contributed by atoms with Gasteiger partial charge in [-0.15, -0.1) is 0 Å². The van der Waals surface area contributed by atoms with Gasteiger partial charge in [0.15, 0.2) is 5.82 Å². The van der Waals surface area contributed by atoms with Crippen LogP contribution in [0.4, 0.5) is 5.82 Å². The van der Waals surface area contributed by atoms with E-state index >= 15 is 0 Å². The third kappa shape index (κ3) is 3.91. The fraction of sp³-hybridized carbons (Fsp3) is 0.385. The van der Waals surface area contributed by atoms with Crippen molar-refractivity contribution >= 4 is 33.1 Å². The van der Waals surface area contributed by atoms with E-state index in [4.69, 9.17) is 0 Å². The van der Waals surface area contributed by atoms with Crippen molar-refractivity contribution in [3.8, 4) is 0 Å². The second-order valence-electron chi connectivity index (χ2n) is 4.79. The van der Waals surface area contributed by atoms with Crippen LogP contribution in [0, 0.1) is 0 Å². The Labute approximate surface area is 134 Å². The normalized spacial score (nSPS) is 17.3. The van der Waals surface area contributed by atoms with Gasteiger partial charge in [0, 0.05) is 32.7 Å². The first-order valence-electron chi connectivity index (χ1n) is 6.72. The zero-order valence-corrected chi connectivity index (χ0v) is 13.8. The molecular formula is C13H16BrN5OS. The van der Waals surface area contributed by atoms with Crippen LogP contribution in [0.5, 0.6) is 0 Å². The number of nitrogens with one attached hydrogen (secondary N) is 1. The van der Waals surface area contributed by atoms with Gasteiger partial charge < -0.3 is 10.5 Å². The molecule has 1 saturated heterocycles. The van der Waals surface area contributed by atoms with Gasteiger partial charge in [0.25, 0.3) is 0 Å². The Morgan fingerprint density at radius 2 is 2.19 bits per heavy atom. The zero-order valence-electron chi connectivity index (χ0n) is 11.4. The predicted octanol–water partition coefficient (Wildman–Crippen LogP) is 1.58. The molecule has 0 amide bonds. The third-order valence-electron chi connectivity index (χ3n) is 3.21. The van der Waals surface area contributed by atoms with Gasteiger partial charge in [-0.2, -0.15) is 9.72 Å². The van der Waals surface area contributed by atoms with E-state index in [2.05, 4.69) is 36.1 Å². The summed E-state index contributed by atoms with van der Waals surface area (Å²) in [4.78, 5) is 11.8. The molecule has 0 atom stereocenters. The van der Waals surface area contributed by atoms with Crippen molar-refractivity contribution < 1.29 is 5.21 Å². The second-order valence-corrected chi connectivity index (χ2v) is 7.18. The van der Waals surface area contributed by atoms with Crippen LogP contribution < -0.4 is 10.1 Å². The minimum atomic E-state index is 0.494. The summed E-state index contributed by atoms with van der Waals surface area (Å²) >= 11 is 4.68. The Kier molecular flexibility index (Phi) is 4.69. The van der Waals surface area contributed by atoms with Crippen LogP contribution in [0.2, 0.25) is 0 Å². The molecule has 1 fully saturated rings. The SMILES string of the molecule is On1cc(Br)s/c1=N\c1cccc(CN2CCNCC2)n1. The Bertz CT molecular complexity index is 677. The molecule has 6 nitrogen and oxygen atoms in total. The van der Waals surface area contributed by atoms with E-state index in [9.17, 15) is 5.21 Å². The lowest BCUT2D eigenvalue weighted by Gasteiger charge is -2.26. The van der Waals surface area contributed by atoms with Crippen molar-refractivity contribution in [2.45, 2.75) is 6.54 Å². The molecular weight excluding hydrogens is 354 g/mol. The quantitative estimate of drug-likeness (QED) is 0.806. The highest BCUT2D eigenvalue weighted by Gasteiger charge is 2.10. The Balaban J connectivity index is 1.79. The molecule has 3 rings (SSSR count). The highest BCUT2D eigenvalue weighted by molar-refractivity contribution is 9.11. The van der Waals surface area contributed by atoms with Crippen molar-refractivity contribution in [2.24, 2.45) is 4.99 Å². The zero-order chi connectivity index (χ0) is 14.7. The molecule has 0 unspecified atom stereocenters. The van der Waals surface area contributed by atoms with Crippen LogP contribution in [0.15, 0.2) is 33.2 Å². The molecule has 0 aliphatic carbocycles. The molecule has 3 heterocycles. The fourth-order valence-corrected chi connectivity index (χ4v) is 3.44. The first-order chi connectivity index (χ1) is 10.2. The van der Waals surface area contributed by atoms with Gasteiger partial charge in [0.05, 0.1) is 15.7 Å². The van der Waals surface area contributed by atoms with Gasteiger partial charge in [-0.1, -0.05) is 17.4 Å². The summed E-state index contributed by atoms with van der Waals surface area (Å²) in [5, 5.41) is 13.0. The summed E-state index contributed by atoms with van der Waals surface area (Å²) < 4.78 is 1.82. The molecule has 0 radical (unpaired) electrons. The maximum atomic E-state index is 9.68. The van der Waals surface area contributed by atoms with Crippen molar-refractivity contribution in [3.63, 3.8) is 0 Å². The third-order valence-corrected chi connectivity index (χ3v) is 4.66. The minimum Gasteiger partial charge on any atom is -0.426 e. The Morgan fingerprint density at radius 3 is 2.90 bits per heavy atom. The highest BCUT2D eigenvalue weighted by Crippen LogP contribution is 2.14. The van der Waals surface area contributed by atoms with E-state index in [0.29, 0.717) is 10.6 Å². The second kappa shape index (κ2) is 6.69. The van der Waals surface area contributed by atoms with Crippen LogP contribution >= 0.6 is 27.3 Å². The van der Waals surface area contributed by atoms with E-state index in [1.54, 1.807) is 6.20 Å². The lowest BCUT2D eigenvalue weighted by Crippen LogP contribution is -2.43. The standard InChI is InChI=1S/C13H16BrN5OS/c14-11-9-19(20)13(21-11)17-12-3-1-2-10(16-12)8-18-6-4-15-5-7-18/h1-3,9,15,20H,4-8H2/b17-13-. The van der Waals surface area contributed by atoms with Gasteiger partial charge >= 0.3 is 0 Å². The van der Waals surface area contributed by atoms with Crippen molar-refractivity contribution in [1.82, 2.24) is 19.9 Å². The molecule has 1 aliphatic rings. The van der Waals surface area contributed by atoms with Crippen molar-refractivity contribution in [3.05, 3.63) is 38.7 Å². The van der Waals surface area contributed by atoms with Crippen LogP contribution in [-0.4, -0.2) is 46.0 Å². The maximum Gasteiger partial charge on any atom is 0.226 e. The molecule has 0 saturated carbocycles. The molecule has 0 aromatic carbocycles. The predicted molar refractivity (Wildman–Crippen MR) is 84.8 cm³/mol. The molecule has 21 heavy (non-hydrogen) atoms. The molecule has 0 bridgehead atoms. The van der Waals surface area contributed by atoms with Gasteiger partial charge in [-0.3, -0.25) is 4.90 Å². The van der Waals surface area contributed by atoms with Crippen LogP contribution in [0.3, 0.4) is 0 Å². The number of hydrogen-bond acceptors (Lipinski definition) is 6. The minimum absolute atomic E-state index is 0.494. The first kappa shape index (κ1) is 14.7. The number of nitrogens with zero attached hydrogens (tertiary/aromatic N) is 4. The number of aromatic nitrogens is 2. The molecule has 1 aliphatic heterocycles. The average Bonchev–Trinajstić information content (AvgIpc) is 2.78. The largest absolute Gasteiger partial charge is 0.426 e. The first-order valence-corrected chi connectivity index (χ1v) is 8.32. The number of pyridine rings is 1. The lowest BCUT2D eigenvalue weighted by molar-refractivity contribution is 0.177. The number of piperazine rings is 1. The number of hydrogen-bond donors (Lipinski definition) is 2. The summed E-state index contributed by atoms with van der Waals surface area (Å²) in [5.41, 5.74) is 0.998. The summed E-state index contributed by atoms with van der Waals surface area (Å²) in [6.45, 7) is 4.96. The van der Waals surface area contributed by atoms with Gasteiger partial charge in [0.2, 0.25) is 4.80 Å². The van der Waals surface area contributed by atoms with Crippen LogP contribution in [0.1, 0.15) is 5.69 Å². The van der Waals surface area contributed by atoms with Crippen LogP contribution in [0.25, 0.3) is 0 Å². The Morgan fingerprint density at radius 1 is 1.38 bits per heavy atom. The number of thiazole rings is 1. The average molecular weight is 370 g/mol. The monoisotopic (exact) mass is 369 g/mol. The topological polar surface area (TPSA) is 65.7 Å². The molecule has 0 spiro atoms. The van der Waals surface area contributed by atoms with E-state index in [-0.39, 0.29) is 0 Å². The summed E-state index contributed by atoms with van der Waals surface area (Å²) in [7, 11) is 0. The van der Waals surface area contributed by atoms with Crippen molar-refractivity contribution in [1.29, 1.82) is 0 Å². The maximum absolute atomic E-state index is 9.68. The lowest BCUT2D eigenvalue weighted by atomic mass is 10.3. The van der Waals surface area contributed by atoms with E-state index < -0.39 is 0 Å². The highest BCUT2D eigenvalue weighted by atomic mass is 79.9. The van der Waals surface area contributed by atoms with E-state index in [1.807, 2.05) is 18.2 Å². The van der Waals surface area contributed by atoms with E-state index in [1.165, 1.54) is 11.3 Å². The molecule has 8 heteroatoms. The Hall–Kier alpha value is -1.22. The van der Waals surface area contributed by atoms with Crippen molar-refractivity contribution in [2.75, 3.05) is 26.2 Å². The van der Waals surface area contributed by atoms with E-state index in [0.717, 1.165) is 46.9 Å². The summed E-state index contributed by atoms with van der Waals surface area (Å²) in [6, 6.07) is 5.81. The summed E-state index contributed by atoms with van der Waals surface area (Å²) in [6.07, 6.45) is 1.56.